The summed E-state index contributed by atoms with van der Waals surface area (Å²) in [5, 5.41) is 4.06. The molecule has 150 valence electrons. The SMILES string of the molecule is COCCn1nc(C(=O)N(Cc2ccccc2C(F)(F)F)C2CC2)ccc1=O. The minimum Gasteiger partial charge on any atom is -0.383 e. The van der Waals surface area contributed by atoms with E-state index in [-0.39, 0.29) is 42.6 Å². The number of hydrogen-bond acceptors (Lipinski definition) is 4. The predicted octanol–water partition coefficient (Wildman–Crippen LogP) is 2.71. The van der Waals surface area contributed by atoms with Gasteiger partial charge in [-0.05, 0) is 30.5 Å². The molecule has 0 atom stereocenters. The maximum Gasteiger partial charge on any atom is 0.416 e. The Labute approximate surface area is 159 Å². The minimum atomic E-state index is -4.50. The molecule has 0 unspecified atom stereocenters. The van der Waals surface area contributed by atoms with Crippen molar-refractivity contribution >= 4 is 5.91 Å². The number of benzene rings is 1. The fourth-order valence-corrected chi connectivity index (χ4v) is 2.92. The maximum absolute atomic E-state index is 13.3. The number of amides is 1. The van der Waals surface area contributed by atoms with Crippen molar-refractivity contribution in [1.29, 1.82) is 0 Å². The Morgan fingerprint density at radius 2 is 1.96 bits per heavy atom. The van der Waals surface area contributed by atoms with E-state index in [1.807, 2.05) is 0 Å². The molecular weight excluding hydrogens is 375 g/mol. The summed E-state index contributed by atoms with van der Waals surface area (Å²) in [5.41, 5.74) is -1.09. The monoisotopic (exact) mass is 395 g/mol. The first-order valence-electron chi connectivity index (χ1n) is 8.84. The molecule has 1 aliphatic rings. The van der Waals surface area contributed by atoms with Crippen LogP contribution >= 0.6 is 0 Å². The number of carbonyl (C=O) groups is 1. The summed E-state index contributed by atoms with van der Waals surface area (Å²) in [6.07, 6.45) is -3.05. The maximum atomic E-state index is 13.3. The van der Waals surface area contributed by atoms with E-state index in [1.54, 1.807) is 0 Å². The highest BCUT2D eigenvalue weighted by Crippen LogP contribution is 2.35. The number of nitrogens with zero attached hydrogens (tertiary/aromatic N) is 3. The lowest BCUT2D eigenvalue weighted by molar-refractivity contribution is -0.138. The van der Waals surface area contributed by atoms with Crippen molar-refractivity contribution in [2.75, 3.05) is 13.7 Å². The fraction of sp³-hybridized carbons (Fsp3) is 0.421. The molecule has 1 aromatic carbocycles. The van der Waals surface area contributed by atoms with Crippen LogP contribution in [-0.2, 0) is 24.0 Å². The Bertz CT molecular complexity index is 907. The molecule has 0 aliphatic heterocycles. The number of aromatic nitrogens is 2. The van der Waals surface area contributed by atoms with Gasteiger partial charge in [-0.1, -0.05) is 18.2 Å². The molecule has 0 saturated heterocycles. The highest BCUT2D eigenvalue weighted by molar-refractivity contribution is 5.92. The Morgan fingerprint density at radius 3 is 2.61 bits per heavy atom. The zero-order valence-corrected chi connectivity index (χ0v) is 15.3. The minimum absolute atomic E-state index is 0.0205. The topological polar surface area (TPSA) is 64.4 Å². The second-order valence-electron chi connectivity index (χ2n) is 6.59. The van der Waals surface area contributed by atoms with Gasteiger partial charge in [0.05, 0.1) is 18.7 Å². The molecule has 0 radical (unpaired) electrons. The normalized spacial score (nSPS) is 14.1. The smallest absolute Gasteiger partial charge is 0.383 e. The third kappa shape index (κ3) is 4.59. The van der Waals surface area contributed by atoms with Crippen LogP contribution in [0, 0.1) is 0 Å². The lowest BCUT2D eigenvalue weighted by Crippen LogP contribution is -2.36. The number of carbonyl (C=O) groups excluding carboxylic acids is 1. The summed E-state index contributed by atoms with van der Waals surface area (Å²) in [6, 6.07) is 7.62. The van der Waals surface area contributed by atoms with E-state index in [0.29, 0.717) is 0 Å². The van der Waals surface area contributed by atoms with Crippen LogP contribution in [-0.4, -0.2) is 40.3 Å². The third-order valence-corrected chi connectivity index (χ3v) is 4.50. The Hall–Kier alpha value is -2.68. The number of halogens is 3. The van der Waals surface area contributed by atoms with Gasteiger partial charge in [-0.2, -0.15) is 18.3 Å². The van der Waals surface area contributed by atoms with E-state index >= 15 is 0 Å². The average Bonchev–Trinajstić information content (AvgIpc) is 3.49. The quantitative estimate of drug-likeness (QED) is 0.723. The zero-order chi connectivity index (χ0) is 20.3. The van der Waals surface area contributed by atoms with Crippen molar-refractivity contribution in [3.63, 3.8) is 0 Å². The molecule has 1 aromatic heterocycles. The first kappa shape index (κ1) is 20.1. The fourth-order valence-electron chi connectivity index (χ4n) is 2.92. The van der Waals surface area contributed by atoms with Gasteiger partial charge in [0, 0.05) is 25.8 Å². The highest BCUT2D eigenvalue weighted by Gasteiger charge is 2.37. The van der Waals surface area contributed by atoms with Crippen molar-refractivity contribution < 1.29 is 22.7 Å². The Morgan fingerprint density at radius 1 is 1.25 bits per heavy atom. The molecule has 28 heavy (non-hydrogen) atoms. The van der Waals surface area contributed by atoms with Crippen molar-refractivity contribution in [3.05, 3.63) is 63.6 Å². The molecule has 1 saturated carbocycles. The summed E-state index contributed by atoms with van der Waals surface area (Å²) < 4.78 is 45.9. The van der Waals surface area contributed by atoms with Crippen molar-refractivity contribution in [3.8, 4) is 0 Å². The first-order chi connectivity index (χ1) is 13.3. The van der Waals surface area contributed by atoms with Gasteiger partial charge < -0.3 is 9.64 Å². The Balaban J connectivity index is 1.88. The number of ether oxygens (including phenoxy) is 1. The molecule has 1 amide bonds. The number of rotatable bonds is 7. The number of methoxy groups -OCH3 is 1. The lowest BCUT2D eigenvalue weighted by atomic mass is 10.1. The van der Waals surface area contributed by atoms with Gasteiger partial charge in [-0.3, -0.25) is 9.59 Å². The van der Waals surface area contributed by atoms with Crippen LogP contribution in [0.25, 0.3) is 0 Å². The number of alkyl halides is 3. The van der Waals surface area contributed by atoms with E-state index in [2.05, 4.69) is 5.10 Å². The second-order valence-corrected chi connectivity index (χ2v) is 6.59. The highest BCUT2D eigenvalue weighted by atomic mass is 19.4. The standard InChI is InChI=1S/C19H20F3N3O3/c1-28-11-10-25-17(26)9-8-16(23-25)18(27)24(14-6-7-14)12-13-4-2-3-5-15(13)19(20,21)22/h2-5,8-9,14H,6-7,10-12H2,1H3. The third-order valence-electron chi connectivity index (χ3n) is 4.50. The van der Waals surface area contributed by atoms with Crippen LogP contribution in [0.1, 0.15) is 34.5 Å². The van der Waals surface area contributed by atoms with Crippen LogP contribution in [0.5, 0.6) is 0 Å². The largest absolute Gasteiger partial charge is 0.416 e. The Kier molecular flexibility index (Phi) is 5.83. The van der Waals surface area contributed by atoms with E-state index < -0.39 is 17.6 Å². The summed E-state index contributed by atoms with van der Waals surface area (Å²) in [6.45, 7) is 0.255. The average molecular weight is 395 g/mol. The zero-order valence-electron chi connectivity index (χ0n) is 15.3. The molecular formula is C19H20F3N3O3. The molecule has 6 nitrogen and oxygen atoms in total. The summed E-state index contributed by atoms with van der Waals surface area (Å²) in [7, 11) is 1.48. The van der Waals surface area contributed by atoms with Gasteiger partial charge in [0.15, 0.2) is 0 Å². The molecule has 9 heteroatoms. The second kappa shape index (κ2) is 8.14. The summed E-state index contributed by atoms with van der Waals surface area (Å²) in [5.74, 6) is -0.495. The van der Waals surface area contributed by atoms with Gasteiger partial charge >= 0.3 is 6.18 Å². The first-order valence-corrected chi connectivity index (χ1v) is 8.84. The van der Waals surface area contributed by atoms with Crippen molar-refractivity contribution in [1.82, 2.24) is 14.7 Å². The van der Waals surface area contributed by atoms with Crippen LogP contribution in [0.3, 0.4) is 0 Å². The molecule has 0 spiro atoms. The predicted molar refractivity (Wildman–Crippen MR) is 94.7 cm³/mol. The van der Waals surface area contributed by atoms with Crippen molar-refractivity contribution in [2.24, 2.45) is 0 Å². The van der Waals surface area contributed by atoms with E-state index in [4.69, 9.17) is 4.74 Å². The van der Waals surface area contributed by atoms with Crippen LogP contribution in [0.15, 0.2) is 41.2 Å². The molecule has 1 fully saturated rings. The molecule has 0 bridgehead atoms. The number of hydrogen-bond donors (Lipinski definition) is 0. The molecule has 1 heterocycles. The van der Waals surface area contributed by atoms with Crippen LogP contribution in [0.2, 0.25) is 0 Å². The lowest BCUT2D eigenvalue weighted by Gasteiger charge is -2.24. The van der Waals surface area contributed by atoms with Crippen molar-refractivity contribution in [2.45, 2.75) is 38.1 Å². The summed E-state index contributed by atoms with van der Waals surface area (Å²) >= 11 is 0. The van der Waals surface area contributed by atoms with E-state index in [0.717, 1.165) is 23.6 Å². The van der Waals surface area contributed by atoms with Crippen LogP contribution < -0.4 is 5.56 Å². The molecule has 0 N–H and O–H groups in total. The molecule has 2 aromatic rings. The van der Waals surface area contributed by atoms with E-state index in [9.17, 15) is 22.8 Å². The van der Waals surface area contributed by atoms with Gasteiger partial charge in [0.2, 0.25) is 0 Å². The van der Waals surface area contributed by atoms with Gasteiger partial charge in [0.1, 0.15) is 5.69 Å². The van der Waals surface area contributed by atoms with Gasteiger partial charge in [0.25, 0.3) is 11.5 Å². The van der Waals surface area contributed by atoms with Crippen LogP contribution in [0.4, 0.5) is 13.2 Å². The molecule has 3 rings (SSSR count). The van der Waals surface area contributed by atoms with Gasteiger partial charge in [-0.25, -0.2) is 4.68 Å². The van der Waals surface area contributed by atoms with Gasteiger partial charge in [-0.15, -0.1) is 0 Å². The summed E-state index contributed by atoms with van der Waals surface area (Å²) in [4.78, 5) is 26.2. The van der Waals surface area contributed by atoms with E-state index in [1.165, 1.54) is 42.3 Å². The molecule has 1 aliphatic carbocycles.